The molecule has 0 fully saturated rings. The summed E-state index contributed by atoms with van der Waals surface area (Å²) in [6, 6.07) is 9.81. The topological polar surface area (TPSA) is 108 Å². The van der Waals surface area contributed by atoms with Gasteiger partial charge in [-0.25, -0.2) is 4.68 Å². The molecule has 0 unspecified atom stereocenters. The highest BCUT2D eigenvalue weighted by atomic mass is 35.5. The molecule has 0 aliphatic rings. The van der Waals surface area contributed by atoms with Crippen LogP contribution in [-0.4, -0.2) is 44.8 Å². The SMILES string of the molecule is Cc1cc(Cn2nc(O)c3[nH]c4cc(Cl)ccc4c(=O)c3c2=O)ccc1C(=O)N(C)C. The highest BCUT2D eigenvalue weighted by molar-refractivity contribution is 6.31. The summed E-state index contributed by atoms with van der Waals surface area (Å²) in [7, 11) is 3.35. The summed E-state index contributed by atoms with van der Waals surface area (Å²) < 4.78 is 1.04. The van der Waals surface area contributed by atoms with Crippen LogP contribution in [0.3, 0.4) is 0 Å². The number of hydrogen-bond donors (Lipinski definition) is 2. The van der Waals surface area contributed by atoms with Gasteiger partial charge in [0, 0.05) is 30.1 Å². The lowest BCUT2D eigenvalue weighted by Gasteiger charge is -2.14. The van der Waals surface area contributed by atoms with E-state index in [0.717, 1.165) is 10.2 Å². The molecule has 31 heavy (non-hydrogen) atoms. The molecule has 9 heteroatoms. The minimum absolute atomic E-state index is 0.0255. The van der Waals surface area contributed by atoms with Crippen molar-refractivity contribution < 1.29 is 9.90 Å². The first kappa shape index (κ1) is 20.6. The second-order valence-corrected chi connectivity index (χ2v) is 7.97. The van der Waals surface area contributed by atoms with Gasteiger partial charge in [0.25, 0.3) is 17.3 Å². The molecule has 0 spiro atoms. The van der Waals surface area contributed by atoms with E-state index in [1.165, 1.54) is 11.0 Å². The van der Waals surface area contributed by atoms with E-state index >= 15 is 0 Å². The quantitative estimate of drug-likeness (QED) is 0.478. The van der Waals surface area contributed by atoms with E-state index in [9.17, 15) is 19.5 Å². The van der Waals surface area contributed by atoms with E-state index in [2.05, 4.69) is 10.1 Å². The van der Waals surface area contributed by atoms with E-state index < -0.39 is 16.9 Å². The molecule has 2 aromatic carbocycles. The third-order valence-electron chi connectivity index (χ3n) is 5.11. The number of aromatic amines is 1. The lowest BCUT2D eigenvalue weighted by molar-refractivity contribution is 0.0827. The monoisotopic (exact) mass is 438 g/mol. The molecule has 0 aliphatic carbocycles. The smallest absolute Gasteiger partial charge is 0.280 e. The fourth-order valence-electron chi connectivity index (χ4n) is 3.56. The Morgan fingerprint density at radius 3 is 2.61 bits per heavy atom. The fourth-order valence-corrected chi connectivity index (χ4v) is 3.73. The molecule has 0 saturated carbocycles. The van der Waals surface area contributed by atoms with Gasteiger partial charge in [-0.2, -0.15) is 0 Å². The summed E-state index contributed by atoms with van der Waals surface area (Å²) in [6.45, 7) is 1.83. The number of benzene rings is 2. The number of aromatic hydroxyl groups is 1. The Hall–Kier alpha value is -3.65. The summed E-state index contributed by atoms with van der Waals surface area (Å²) in [5.41, 5.74) is 1.22. The highest BCUT2D eigenvalue weighted by Crippen LogP contribution is 2.21. The van der Waals surface area contributed by atoms with Gasteiger partial charge in [0.05, 0.1) is 12.1 Å². The van der Waals surface area contributed by atoms with Crippen molar-refractivity contribution in [2.75, 3.05) is 14.1 Å². The number of nitrogens with zero attached hydrogens (tertiary/aromatic N) is 3. The molecule has 0 saturated heterocycles. The predicted octanol–water partition coefficient (Wildman–Crippen LogP) is 2.66. The van der Waals surface area contributed by atoms with Gasteiger partial charge in [-0.15, -0.1) is 5.10 Å². The Kier molecular flexibility index (Phi) is 5.02. The number of fused-ring (bicyclic) bond motifs is 2. The van der Waals surface area contributed by atoms with Crippen LogP contribution in [0.15, 0.2) is 46.0 Å². The number of pyridine rings is 1. The van der Waals surface area contributed by atoms with Crippen molar-refractivity contribution in [3.63, 3.8) is 0 Å². The van der Waals surface area contributed by atoms with Crippen molar-refractivity contribution in [2.45, 2.75) is 13.5 Å². The van der Waals surface area contributed by atoms with Crippen LogP contribution >= 0.6 is 11.6 Å². The molecular formula is C22H19ClN4O4. The van der Waals surface area contributed by atoms with Gasteiger partial charge in [0.2, 0.25) is 5.43 Å². The number of amides is 1. The van der Waals surface area contributed by atoms with Crippen LogP contribution in [0.4, 0.5) is 0 Å². The third kappa shape index (κ3) is 3.55. The van der Waals surface area contributed by atoms with Crippen LogP contribution in [0, 0.1) is 6.92 Å². The van der Waals surface area contributed by atoms with Gasteiger partial charge >= 0.3 is 0 Å². The molecule has 4 rings (SSSR count). The summed E-state index contributed by atoms with van der Waals surface area (Å²) in [5.74, 6) is -0.592. The lowest BCUT2D eigenvalue weighted by atomic mass is 10.0. The second-order valence-electron chi connectivity index (χ2n) is 7.53. The molecular weight excluding hydrogens is 420 g/mol. The summed E-state index contributed by atoms with van der Waals surface area (Å²) in [4.78, 5) is 42.6. The molecule has 0 aliphatic heterocycles. The van der Waals surface area contributed by atoms with Gasteiger partial charge in [0.15, 0.2) is 0 Å². The minimum Gasteiger partial charge on any atom is -0.491 e. The first-order chi connectivity index (χ1) is 14.7. The molecule has 4 aromatic rings. The predicted molar refractivity (Wildman–Crippen MR) is 119 cm³/mol. The average molecular weight is 439 g/mol. The maximum atomic E-state index is 13.0. The zero-order chi connectivity index (χ0) is 22.4. The number of carbonyl (C=O) groups excluding carboxylic acids is 1. The second kappa shape index (κ2) is 7.55. The average Bonchev–Trinajstić information content (AvgIpc) is 2.71. The Bertz CT molecular complexity index is 1490. The molecule has 0 bridgehead atoms. The summed E-state index contributed by atoms with van der Waals surface area (Å²) >= 11 is 5.98. The number of aryl methyl sites for hydroxylation is 1. The number of H-pyrrole nitrogens is 1. The molecule has 1 amide bonds. The van der Waals surface area contributed by atoms with Crippen molar-refractivity contribution >= 4 is 39.3 Å². The van der Waals surface area contributed by atoms with Gasteiger partial charge in [-0.05, 0) is 42.3 Å². The molecule has 2 heterocycles. The first-order valence-corrected chi connectivity index (χ1v) is 9.81. The zero-order valence-electron chi connectivity index (χ0n) is 17.1. The largest absolute Gasteiger partial charge is 0.491 e. The van der Waals surface area contributed by atoms with Crippen molar-refractivity contribution in [1.82, 2.24) is 19.7 Å². The van der Waals surface area contributed by atoms with E-state index in [-0.39, 0.29) is 28.7 Å². The number of aromatic nitrogens is 3. The van der Waals surface area contributed by atoms with Crippen molar-refractivity contribution in [3.05, 3.63) is 78.7 Å². The molecule has 2 N–H and O–H groups in total. The Morgan fingerprint density at radius 2 is 1.94 bits per heavy atom. The molecule has 8 nitrogen and oxygen atoms in total. The molecule has 158 valence electrons. The van der Waals surface area contributed by atoms with Gasteiger partial charge in [0.1, 0.15) is 10.9 Å². The van der Waals surface area contributed by atoms with E-state index in [1.54, 1.807) is 51.4 Å². The Labute approximate surface area is 181 Å². The number of halogens is 1. The van der Waals surface area contributed by atoms with E-state index in [4.69, 9.17) is 11.6 Å². The van der Waals surface area contributed by atoms with E-state index in [1.807, 2.05) is 0 Å². The lowest BCUT2D eigenvalue weighted by Crippen LogP contribution is -2.28. The molecule has 0 atom stereocenters. The van der Waals surface area contributed by atoms with E-state index in [0.29, 0.717) is 21.7 Å². The number of nitrogens with one attached hydrogen (secondary N) is 1. The Balaban J connectivity index is 1.84. The maximum absolute atomic E-state index is 13.0. The highest BCUT2D eigenvalue weighted by Gasteiger charge is 2.17. The maximum Gasteiger partial charge on any atom is 0.280 e. The van der Waals surface area contributed by atoms with Crippen LogP contribution in [0.1, 0.15) is 21.5 Å². The number of carbonyl (C=O) groups is 1. The van der Waals surface area contributed by atoms with Crippen molar-refractivity contribution in [3.8, 4) is 5.88 Å². The van der Waals surface area contributed by atoms with Crippen LogP contribution in [0.25, 0.3) is 21.8 Å². The standard InChI is InChI=1S/C22H19ClN4O4/c1-11-8-12(4-6-14(11)21(30)26(2)3)10-27-22(31)17-18(20(29)25-27)24-16-9-13(23)5-7-15(16)19(17)28/h4-9H,10H2,1-3H3,(H,24,28)(H,25,29). The minimum atomic E-state index is -0.628. The van der Waals surface area contributed by atoms with Crippen molar-refractivity contribution in [2.24, 2.45) is 0 Å². The third-order valence-corrected chi connectivity index (χ3v) is 5.35. The van der Waals surface area contributed by atoms with Crippen LogP contribution in [0.5, 0.6) is 5.88 Å². The van der Waals surface area contributed by atoms with Gasteiger partial charge in [-0.3, -0.25) is 14.4 Å². The van der Waals surface area contributed by atoms with Gasteiger partial charge < -0.3 is 15.0 Å². The van der Waals surface area contributed by atoms with Crippen LogP contribution in [0.2, 0.25) is 5.02 Å². The zero-order valence-corrected chi connectivity index (χ0v) is 17.8. The molecule has 0 radical (unpaired) electrons. The normalized spacial score (nSPS) is 11.2. The molecule has 2 aromatic heterocycles. The van der Waals surface area contributed by atoms with Crippen LogP contribution < -0.4 is 11.0 Å². The van der Waals surface area contributed by atoms with Gasteiger partial charge in [-0.1, -0.05) is 23.7 Å². The fraction of sp³-hybridized carbons (Fsp3) is 0.182. The summed E-state index contributed by atoms with van der Waals surface area (Å²) in [6.07, 6.45) is 0. The van der Waals surface area contributed by atoms with Crippen molar-refractivity contribution in [1.29, 1.82) is 0 Å². The number of hydrogen-bond acceptors (Lipinski definition) is 5. The first-order valence-electron chi connectivity index (χ1n) is 9.44. The van der Waals surface area contributed by atoms with Crippen LogP contribution in [-0.2, 0) is 6.54 Å². The Morgan fingerprint density at radius 1 is 1.19 bits per heavy atom. The summed E-state index contributed by atoms with van der Waals surface area (Å²) in [5, 5.41) is 14.9. The number of rotatable bonds is 3.